The number of hydrogen-bond acceptors (Lipinski definition) is 3. The molecule has 2 rings (SSSR count). The molecule has 19 heavy (non-hydrogen) atoms. The lowest BCUT2D eigenvalue weighted by Gasteiger charge is -2.31. The predicted octanol–water partition coefficient (Wildman–Crippen LogP) is 1.58. The van der Waals surface area contributed by atoms with Crippen LogP contribution in [0.15, 0.2) is 24.3 Å². The smallest absolute Gasteiger partial charge is 0.227 e. The topological polar surface area (TPSA) is 55.6 Å². The molecule has 4 nitrogen and oxygen atoms in total. The van der Waals surface area contributed by atoms with E-state index in [2.05, 4.69) is 13.8 Å². The van der Waals surface area contributed by atoms with Crippen molar-refractivity contribution in [1.82, 2.24) is 4.90 Å². The molecule has 1 aromatic carbocycles. The predicted molar refractivity (Wildman–Crippen MR) is 75.1 cm³/mol. The third-order valence-corrected chi connectivity index (χ3v) is 3.72. The highest BCUT2D eigenvalue weighted by Gasteiger charge is 2.39. The number of ether oxygens (including phenoxy) is 1. The van der Waals surface area contributed by atoms with E-state index in [0.29, 0.717) is 13.0 Å². The van der Waals surface area contributed by atoms with Gasteiger partial charge >= 0.3 is 0 Å². The molecule has 0 radical (unpaired) electrons. The largest absolute Gasteiger partial charge is 0.497 e. The lowest BCUT2D eigenvalue weighted by molar-refractivity contribution is -0.133. The number of rotatable bonds is 3. The van der Waals surface area contributed by atoms with Crippen molar-refractivity contribution in [1.29, 1.82) is 0 Å². The second-order valence-electron chi connectivity index (χ2n) is 5.81. The second kappa shape index (κ2) is 5.21. The molecule has 1 fully saturated rings. The van der Waals surface area contributed by atoms with Crippen LogP contribution in [0.4, 0.5) is 0 Å². The molecule has 1 aliphatic heterocycles. The SMILES string of the molecule is COc1ccc(CC(=O)N2CC(N)CC2(C)C)cc1. The number of benzene rings is 1. The Morgan fingerprint density at radius 1 is 1.42 bits per heavy atom. The summed E-state index contributed by atoms with van der Waals surface area (Å²) < 4.78 is 5.11. The van der Waals surface area contributed by atoms with E-state index in [1.54, 1.807) is 7.11 Å². The van der Waals surface area contributed by atoms with Crippen LogP contribution in [-0.4, -0.2) is 36.0 Å². The number of methoxy groups -OCH3 is 1. The van der Waals surface area contributed by atoms with Gasteiger partial charge in [0.05, 0.1) is 13.5 Å². The van der Waals surface area contributed by atoms with Crippen LogP contribution in [0.25, 0.3) is 0 Å². The maximum absolute atomic E-state index is 12.4. The Kier molecular flexibility index (Phi) is 3.80. The quantitative estimate of drug-likeness (QED) is 0.899. The van der Waals surface area contributed by atoms with Crippen molar-refractivity contribution in [2.24, 2.45) is 5.73 Å². The van der Waals surface area contributed by atoms with Crippen LogP contribution in [0.3, 0.4) is 0 Å². The van der Waals surface area contributed by atoms with Crippen molar-refractivity contribution in [3.8, 4) is 5.75 Å². The van der Waals surface area contributed by atoms with Gasteiger partial charge < -0.3 is 15.4 Å². The van der Waals surface area contributed by atoms with E-state index in [1.165, 1.54) is 0 Å². The molecule has 1 aliphatic rings. The van der Waals surface area contributed by atoms with Crippen LogP contribution in [0.5, 0.6) is 5.75 Å². The Labute approximate surface area is 114 Å². The minimum absolute atomic E-state index is 0.0924. The summed E-state index contributed by atoms with van der Waals surface area (Å²) in [6, 6.07) is 7.71. The van der Waals surface area contributed by atoms with Gasteiger partial charge in [-0.2, -0.15) is 0 Å². The number of carbonyl (C=O) groups excluding carboxylic acids is 1. The maximum Gasteiger partial charge on any atom is 0.227 e. The molecule has 0 spiro atoms. The van der Waals surface area contributed by atoms with Gasteiger partial charge in [-0.3, -0.25) is 4.79 Å². The first-order valence-corrected chi connectivity index (χ1v) is 6.61. The first kappa shape index (κ1) is 13.9. The molecule has 1 saturated heterocycles. The summed E-state index contributed by atoms with van der Waals surface area (Å²) in [5.74, 6) is 0.947. The van der Waals surface area contributed by atoms with Crippen LogP contribution >= 0.6 is 0 Å². The molecule has 1 atom stereocenters. The summed E-state index contributed by atoms with van der Waals surface area (Å²) in [4.78, 5) is 14.3. The molecule has 0 aliphatic carbocycles. The average molecular weight is 262 g/mol. The van der Waals surface area contributed by atoms with E-state index in [4.69, 9.17) is 10.5 Å². The van der Waals surface area contributed by atoms with E-state index < -0.39 is 0 Å². The van der Waals surface area contributed by atoms with Crippen molar-refractivity contribution in [3.63, 3.8) is 0 Å². The highest BCUT2D eigenvalue weighted by Crippen LogP contribution is 2.28. The molecule has 1 unspecified atom stereocenters. The van der Waals surface area contributed by atoms with Gasteiger partial charge in [-0.05, 0) is 38.0 Å². The standard InChI is InChI=1S/C15H22N2O2/c1-15(2)9-12(16)10-17(15)14(18)8-11-4-6-13(19-3)7-5-11/h4-7,12H,8-10,16H2,1-3H3. The molecule has 0 saturated carbocycles. The fourth-order valence-corrected chi connectivity index (χ4v) is 2.75. The zero-order chi connectivity index (χ0) is 14.0. The second-order valence-corrected chi connectivity index (χ2v) is 5.81. The summed E-state index contributed by atoms with van der Waals surface area (Å²) in [6.45, 7) is 4.81. The molecule has 0 aromatic heterocycles. The number of nitrogens with two attached hydrogens (primary N) is 1. The normalized spacial score (nSPS) is 21.5. The Morgan fingerprint density at radius 2 is 2.05 bits per heavy atom. The van der Waals surface area contributed by atoms with Gasteiger partial charge in [-0.15, -0.1) is 0 Å². The number of likely N-dealkylation sites (tertiary alicyclic amines) is 1. The summed E-state index contributed by atoms with van der Waals surface area (Å²) in [5, 5.41) is 0. The molecular formula is C15H22N2O2. The van der Waals surface area contributed by atoms with E-state index in [0.717, 1.165) is 17.7 Å². The monoisotopic (exact) mass is 262 g/mol. The molecule has 1 heterocycles. The molecule has 1 aromatic rings. The summed E-state index contributed by atoms with van der Waals surface area (Å²) >= 11 is 0. The first-order valence-electron chi connectivity index (χ1n) is 6.61. The number of amides is 1. The zero-order valence-electron chi connectivity index (χ0n) is 11.8. The van der Waals surface area contributed by atoms with Crippen molar-refractivity contribution < 1.29 is 9.53 Å². The number of carbonyl (C=O) groups is 1. The molecule has 4 heteroatoms. The minimum Gasteiger partial charge on any atom is -0.497 e. The fourth-order valence-electron chi connectivity index (χ4n) is 2.75. The van der Waals surface area contributed by atoms with Crippen molar-refractivity contribution in [2.75, 3.05) is 13.7 Å². The Bertz CT molecular complexity index is 454. The van der Waals surface area contributed by atoms with Crippen LogP contribution in [0, 0.1) is 0 Å². The van der Waals surface area contributed by atoms with Gasteiger partial charge in [0.1, 0.15) is 5.75 Å². The highest BCUT2D eigenvalue weighted by molar-refractivity contribution is 5.80. The maximum atomic E-state index is 12.4. The highest BCUT2D eigenvalue weighted by atomic mass is 16.5. The van der Waals surface area contributed by atoms with Crippen LogP contribution in [0.2, 0.25) is 0 Å². The van der Waals surface area contributed by atoms with E-state index >= 15 is 0 Å². The molecule has 2 N–H and O–H groups in total. The Morgan fingerprint density at radius 3 is 2.53 bits per heavy atom. The van der Waals surface area contributed by atoms with E-state index in [9.17, 15) is 4.79 Å². The van der Waals surface area contributed by atoms with Crippen LogP contribution in [0.1, 0.15) is 25.8 Å². The van der Waals surface area contributed by atoms with Gasteiger partial charge in [-0.1, -0.05) is 12.1 Å². The average Bonchev–Trinajstić information content (AvgIpc) is 2.63. The first-order chi connectivity index (χ1) is 8.92. The molecule has 104 valence electrons. The lowest BCUT2D eigenvalue weighted by atomic mass is 10.00. The van der Waals surface area contributed by atoms with Gasteiger partial charge in [0.2, 0.25) is 5.91 Å². The Hall–Kier alpha value is -1.55. The van der Waals surface area contributed by atoms with E-state index in [-0.39, 0.29) is 17.5 Å². The Balaban J connectivity index is 2.04. The minimum atomic E-state index is -0.136. The molecular weight excluding hydrogens is 240 g/mol. The number of hydrogen-bond donors (Lipinski definition) is 1. The summed E-state index contributed by atoms with van der Waals surface area (Å²) in [5.41, 5.74) is 6.83. The van der Waals surface area contributed by atoms with Crippen molar-refractivity contribution >= 4 is 5.91 Å². The van der Waals surface area contributed by atoms with Gasteiger partial charge in [-0.25, -0.2) is 0 Å². The van der Waals surface area contributed by atoms with Crippen LogP contribution < -0.4 is 10.5 Å². The van der Waals surface area contributed by atoms with Gasteiger partial charge in [0.15, 0.2) is 0 Å². The number of nitrogens with zero attached hydrogens (tertiary/aromatic N) is 1. The van der Waals surface area contributed by atoms with E-state index in [1.807, 2.05) is 29.2 Å². The fraction of sp³-hybridized carbons (Fsp3) is 0.533. The zero-order valence-corrected chi connectivity index (χ0v) is 11.8. The summed E-state index contributed by atoms with van der Waals surface area (Å²) in [6.07, 6.45) is 1.28. The van der Waals surface area contributed by atoms with Crippen molar-refractivity contribution in [3.05, 3.63) is 29.8 Å². The van der Waals surface area contributed by atoms with Crippen LogP contribution in [-0.2, 0) is 11.2 Å². The molecule has 0 bridgehead atoms. The summed E-state index contributed by atoms with van der Waals surface area (Å²) in [7, 11) is 1.63. The van der Waals surface area contributed by atoms with Gasteiger partial charge in [0, 0.05) is 18.1 Å². The van der Waals surface area contributed by atoms with Crippen molar-refractivity contribution in [2.45, 2.75) is 38.3 Å². The van der Waals surface area contributed by atoms with Gasteiger partial charge in [0.25, 0.3) is 0 Å². The lowest BCUT2D eigenvalue weighted by Crippen LogP contribution is -2.43. The third-order valence-electron chi connectivity index (χ3n) is 3.72. The molecule has 1 amide bonds. The third kappa shape index (κ3) is 3.07.